The number of hydrogen-bond donors (Lipinski definition) is 2. The third kappa shape index (κ3) is 5.20. The molecule has 0 aliphatic heterocycles. The number of benzene rings is 1. The number of unbranched alkanes of at least 4 members (excludes halogenated alkanes) is 2. The number of allylic oxidation sites excluding steroid dienone is 2. The molecule has 4 heteroatoms. The van der Waals surface area contributed by atoms with Crippen LogP contribution >= 0.6 is 0 Å². The van der Waals surface area contributed by atoms with E-state index in [0.29, 0.717) is 5.75 Å². The minimum atomic E-state index is -0.855. The highest BCUT2D eigenvalue weighted by molar-refractivity contribution is 5.74. The number of aliphatic hydroxyl groups excluding tert-OH is 1. The third-order valence-electron chi connectivity index (χ3n) is 4.74. The molecule has 3 atom stereocenters. The van der Waals surface area contributed by atoms with Crippen molar-refractivity contribution >= 4 is 5.97 Å². The number of carboxylic acid groups (broad SMARTS) is 1. The minimum Gasteiger partial charge on any atom is -0.493 e. The van der Waals surface area contributed by atoms with Crippen molar-refractivity contribution in [1.82, 2.24) is 0 Å². The monoisotopic (exact) mass is 344 g/mol. The van der Waals surface area contributed by atoms with Crippen LogP contribution in [0.1, 0.15) is 51.2 Å². The lowest BCUT2D eigenvalue weighted by Crippen LogP contribution is -2.36. The van der Waals surface area contributed by atoms with Gasteiger partial charge in [-0.1, -0.05) is 69.5 Å². The van der Waals surface area contributed by atoms with Crippen LogP contribution in [0.15, 0.2) is 48.6 Å². The van der Waals surface area contributed by atoms with Crippen LogP contribution < -0.4 is 4.74 Å². The van der Waals surface area contributed by atoms with Gasteiger partial charge >= 0.3 is 5.97 Å². The van der Waals surface area contributed by atoms with E-state index in [4.69, 9.17) is 4.74 Å². The van der Waals surface area contributed by atoms with E-state index in [-0.39, 0.29) is 6.61 Å². The number of carboxylic acids is 1. The Hall–Kier alpha value is -2.07. The average molecular weight is 344 g/mol. The van der Waals surface area contributed by atoms with Crippen molar-refractivity contribution in [2.24, 2.45) is 11.3 Å². The highest BCUT2D eigenvalue weighted by Crippen LogP contribution is 2.34. The van der Waals surface area contributed by atoms with E-state index in [1.807, 2.05) is 43.3 Å². The lowest BCUT2D eigenvalue weighted by Gasteiger charge is -2.32. The Labute approximate surface area is 149 Å². The Bertz CT molecular complexity index is 635. The molecule has 1 aliphatic carbocycles. The number of carbonyl (C=O) groups is 1. The van der Waals surface area contributed by atoms with Crippen molar-refractivity contribution in [3.8, 4) is 5.75 Å². The van der Waals surface area contributed by atoms with Gasteiger partial charge in [-0.15, -0.1) is 0 Å². The van der Waals surface area contributed by atoms with Crippen molar-refractivity contribution in [2.45, 2.75) is 45.6 Å². The summed E-state index contributed by atoms with van der Waals surface area (Å²) >= 11 is 0. The summed E-state index contributed by atoms with van der Waals surface area (Å²) in [4.78, 5) is 11.5. The molecule has 4 nitrogen and oxygen atoms in total. The molecule has 0 fully saturated rings. The molecule has 1 aromatic rings. The zero-order chi connectivity index (χ0) is 18.3. The lowest BCUT2D eigenvalue weighted by molar-refractivity contribution is -0.143. The second-order valence-electron chi connectivity index (χ2n) is 6.94. The Kier molecular flexibility index (Phi) is 6.82. The first-order valence-corrected chi connectivity index (χ1v) is 8.96. The smallest absolute Gasteiger partial charge is 0.311 e. The number of aliphatic hydroxyl groups is 1. The molecule has 1 aromatic carbocycles. The normalized spacial score (nSPS) is 23.4. The van der Waals surface area contributed by atoms with Crippen molar-refractivity contribution in [3.05, 3.63) is 54.1 Å². The van der Waals surface area contributed by atoms with Crippen LogP contribution in [-0.4, -0.2) is 22.8 Å². The van der Waals surface area contributed by atoms with Crippen molar-refractivity contribution in [1.29, 1.82) is 0 Å². The maximum atomic E-state index is 11.5. The zero-order valence-electron chi connectivity index (χ0n) is 15.0. The molecule has 0 amide bonds. The molecule has 0 heterocycles. The van der Waals surface area contributed by atoms with Crippen LogP contribution in [0.4, 0.5) is 0 Å². The number of hydrogen-bond acceptors (Lipinski definition) is 3. The van der Waals surface area contributed by atoms with E-state index < -0.39 is 23.4 Å². The van der Waals surface area contributed by atoms with Crippen molar-refractivity contribution in [2.75, 3.05) is 6.61 Å². The molecule has 2 rings (SSSR count). The van der Waals surface area contributed by atoms with E-state index in [1.54, 1.807) is 12.2 Å². The molecule has 25 heavy (non-hydrogen) atoms. The molecule has 0 aromatic heterocycles. The van der Waals surface area contributed by atoms with E-state index in [1.165, 1.54) is 0 Å². The number of ether oxygens (including phenoxy) is 1. The van der Waals surface area contributed by atoms with Crippen LogP contribution in [-0.2, 0) is 4.79 Å². The molecule has 0 spiro atoms. The SMILES string of the molecule is CCCCCC(O)c1cccc(OCC2(C)C=CC=CC2C(=O)O)c1. The molecular weight excluding hydrogens is 316 g/mol. The van der Waals surface area contributed by atoms with Gasteiger partial charge in [-0.25, -0.2) is 0 Å². The standard InChI is InChI=1S/C21H28O4/c1-3-4-5-12-19(22)16-9-8-10-17(14-16)25-15-21(2)13-7-6-11-18(21)20(23)24/h6-11,13-14,18-19,22H,3-5,12,15H2,1-2H3,(H,23,24). The minimum absolute atomic E-state index is 0.264. The predicted molar refractivity (Wildman–Crippen MR) is 98.6 cm³/mol. The van der Waals surface area contributed by atoms with Gasteiger partial charge in [0, 0.05) is 5.41 Å². The Balaban J connectivity index is 2.01. The number of rotatable bonds is 9. The molecule has 2 N–H and O–H groups in total. The molecule has 0 saturated carbocycles. The van der Waals surface area contributed by atoms with E-state index in [0.717, 1.165) is 31.2 Å². The van der Waals surface area contributed by atoms with Crippen LogP contribution in [0.3, 0.4) is 0 Å². The fraction of sp³-hybridized carbons (Fsp3) is 0.476. The summed E-state index contributed by atoms with van der Waals surface area (Å²) in [5, 5.41) is 19.7. The Morgan fingerprint density at radius 2 is 2.12 bits per heavy atom. The van der Waals surface area contributed by atoms with Crippen LogP contribution in [0.25, 0.3) is 0 Å². The summed E-state index contributed by atoms with van der Waals surface area (Å²) in [6.07, 6.45) is 10.7. The molecule has 136 valence electrons. The summed E-state index contributed by atoms with van der Waals surface area (Å²) in [7, 11) is 0. The zero-order valence-corrected chi connectivity index (χ0v) is 15.0. The summed E-state index contributed by atoms with van der Waals surface area (Å²) in [6.45, 7) is 4.29. The number of aliphatic carboxylic acids is 1. The average Bonchev–Trinajstić information content (AvgIpc) is 2.60. The molecular formula is C21H28O4. The maximum Gasteiger partial charge on any atom is 0.311 e. The van der Waals surface area contributed by atoms with E-state index in [2.05, 4.69) is 6.92 Å². The summed E-state index contributed by atoms with van der Waals surface area (Å²) in [6, 6.07) is 7.44. The van der Waals surface area contributed by atoms with Gasteiger partial charge in [0.1, 0.15) is 5.75 Å². The highest BCUT2D eigenvalue weighted by Gasteiger charge is 2.37. The summed E-state index contributed by atoms with van der Waals surface area (Å²) in [5.41, 5.74) is 0.240. The quantitative estimate of drug-likeness (QED) is 0.647. The van der Waals surface area contributed by atoms with Gasteiger partial charge in [0.05, 0.1) is 18.6 Å². The van der Waals surface area contributed by atoms with Crippen molar-refractivity contribution < 1.29 is 19.7 Å². The Morgan fingerprint density at radius 3 is 2.84 bits per heavy atom. The maximum absolute atomic E-state index is 11.5. The topological polar surface area (TPSA) is 66.8 Å². The summed E-state index contributed by atoms with van der Waals surface area (Å²) < 4.78 is 5.89. The largest absolute Gasteiger partial charge is 0.493 e. The first-order chi connectivity index (χ1) is 12.0. The van der Waals surface area contributed by atoms with Crippen LogP contribution in [0.5, 0.6) is 5.75 Å². The first-order valence-electron chi connectivity index (χ1n) is 8.96. The fourth-order valence-corrected chi connectivity index (χ4v) is 3.08. The van der Waals surface area contributed by atoms with Gasteiger partial charge in [0.25, 0.3) is 0 Å². The van der Waals surface area contributed by atoms with E-state index in [9.17, 15) is 15.0 Å². The van der Waals surface area contributed by atoms with Crippen LogP contribution in [0, 0.1) is 11.3 Å². The first kappa shape index (κ1) is 19.3. The predicted octanol–water partition coefficient (Wildman–Crippen LogP) is 4.51. The van der Waals surface area contributed by atoms with Crippen LogP contribution in [0.2, 0.25) is 0 Å². The molecule has 1 aliphatic rings. The highest BCUT2D eigenvalue weighted by atomic mass is 16.5. The Morgan fingerprint density at radius 1 is 1.32 bits per heavy atom. The third-order valence-corrected chi connectivity index (χ3v) is 4.74. The summed E-state index contributed by atoms with van der Waals surface area (Å²) in [5.74, 6) is -0.813. The second kappa shape index (κ2) is 8.86. The van der Waals surface area contributed by atoms with Gasteiger partial charge in [0.15, 0.2) is 0 Å². The van der Waals surface area contributed by atoms with Gasteiger partial charge < -0.3 is 14.9 Å². The van der Waals surface area contributed by atoms with Gasteiger partial charge in [-0.3, -0.25) is 4.79 Å². The molecule has 0 saturated heterocycles. The second-order valence-corrected chi connectivity index (χ2v) is 6.94. The lowest BCUT2D eigenvalue weighted by atomic mass is 9.75. The molecule has 3 unspecified atom stereocenters. The van der Waals surface area contributed by atoms with Gasteiger partial charge in [-0.2, -0.15) is 0 Å². The van der Waals surface area contributed by atoms with Gasteiger partial charge in [0.2, 0.25) is 0 Å². The molecule has 0 radical (unpaired) electrons. The molecule has 0 bridgehead atoms. The van der Waals surface area contributed by atoms with Gasteiger partial charge in [-0.05, 0) is 24.1 Å². The fourth-order valence-electron chi connectivity index (χ4n) is 3.08. The van der Waals surface area contributed by atoms with Crippen molar-refractivity contribution in [3.63, 3.8) is 0 Å². The van der Waals surface area contributed by atoms with E-state index >= 15 is 0 Å².